The Balaban J connectivity index is 1.78. The topological polar surface area (TPSA) is 155 Å². The summed E-state index contributed by atoms with van der Waals surface area (Å²) in [5.41, 5.74) is -1.55. The average molecular weight is 448 g/mol. The van der Waals surface area contributed by atoms with Gasteiger partial charge in [-0.1, -0.05) is 18.2 Å². The van der Waals surface area contributed by atoms with Crippen LogP contribution in [0.15, 0.2) is 40.5 Å². The van der Waals surface area contributed by atoms with Gasteiger partial charge in [0.15, 0.2) is 0 Å². The van der Waals surface area contributed by atoms with Crippen molar-refractivity contribution in [2.24, 2.45) is 10.2 Å². The number of hydrogen-bond acceptors (Lipinski definition) is 8. The summed E-state index contributed by atoms with van der Waals surface area (Å²) >= 11 is 3.08. The zero-order valence-corrected chi connectivity index (χ0v) is 15.8. The summed E-state index contributed by atoms with van der Waals surface area (Å²) in [6.45, 7) is 0. The molecule has 26 heavy (non-hydrogen) atoms. The standard InChI is InChI=1S/C15H18BrN3O6S/c16-26(25)13(15(24)6-9(20)11(22)10(21)7-15)18-19-14(26)17-12(23)8-4-2-1-3-5-8/h1-5,9-11,20-22,24-25H,6-7H2,(H,17,19,23). The molecule has 0 radical (unpaired) electrons. The molecule has 3 rings (SSSR count). The molecule has 1 amide bonds. The van der Waals surface area contributed by atoms with Crippen LogP contribution in [0.5, 0.6) is 0 Å². The highest BCUT2D eigenvalue weighted by Crippen LogP contribution is 2.60. The molecule has 0 spiro atoms. The Morgan fingerprint density at radius 3 is 2.31 bits per heavy atom. The fourth-order valence-corrected chi connectivity index (χ4v) is 5.85. The van der Waals surface area contributed by atoms with Crippen molar-refractivity contribution < 1.29 is 29.8 Å². The van der Waals surface area contributed by atoms with Crippen LogP contribution in [0, 0.1) is 0 Å². The highest BCUT2D eigenvalue weighted by Gasteiger charge is 2.54. The van der Waals surface area contributed by atoms with Crippen LogP contribution in [0.1, 0.15) is 23.2 Å². The highest BCUT2D eigenvalue weighted by molar-refractivity contribution is 9.62. The number of amides is 1. The molecule has 1 saturated carbocycles. The van der Waals surface area contributed by atoms with E-state index in [1.165, 1.54) is 0 Å². The maximum absolute atomic E-state index is 12.3. The maximum atomic E-state index is 12.3. The van der Waals surface area contributed by atoms with Crippen molar-refractivity contribution in [1.29, 1.82) is 0 Å². The fourth-order valence-electron chi connectivity index (χ4n) is 2.93. The van der Waals surface area contributed by atoms with Gasteiger partial charge < -0.3 is 25.0 Å². The minimum absolute atomic E-state index is 0.176. The summed E-state index contributed by atoms with van der Waals surface area (Å²) in [6.07, 6.45) is -4.91. The van der Waals surface area contributed by atoms with Gasteiger partial charge in [-0.05, 0) is 12.1 Å². The number of benzene rings is 1. The Morgan fingerprint density at radius 1 is 1.15 bits per heavy atom. The molecule has 6 N–H and O–H groups in total. The van der Waals surface area contributed by atoms with Gasteiger partial charge in [0.25, 0.3) is 5.91 Å². The first-order chi connectivity index (χ1) is 12.1. The number of aliphatic hydroxyl groups is 4. The Labute approximate surface area is 157 Å². The van der Waals surface area contributed by atoms with E-state index in [2.05, 4.69) is 30.3 Å². The summed E-state index contributed by atoms with van der Waals surface area (Å²) in [5, 5.41) is 49.8. The molecule has 0 saturated heterocycles. The zero-order chi connectivity index (χ0) is 19.1. The highest BCUT2D eigenvalue weighted by atomic mass is 79.9. The molecule has 1 aromatic carbocycles. The van der Waals surface area contributed by atoms with Crippen LogP contribution in [-0.4, -0.2) is 65.0 Å². The Morgan fingerprint density at radius 2 is 1.73 bits per heavy atom. The average Bonchev–Trinajstić information content (AvgIpc) is 2.88. The van der Waals surface area contributed by atoms with Crippen molar-refractivity contribution in [3.63, 3.8) is 0 Å². The molecule has 3 unspecified atom stereocenters. The maximum Gasteiger partial charge on any atom is 0.257 e. The summed E-state index contributed by atoms with van der Waals surface area (Å²) < 4.78 is 10.8. The van der Waals surface area contributed by atoms with E-state index in [4.69, 9.17) is 0 Å². The van der Waals surface area contributed by atoms with Crippen molar-refractivity contribution in [1.82, 2.24) is 5.32 Å². The van der Waals surface area contributed by atoms with Crippen LogP contribution in [0.4, 0.5) is 0 Å². The van der Waals surface area contributed by atoms with Crippen LogP contribution in [0.2, 0.25) is 0 Å². The number of nitrogens with zero attached hydrogens (tertiary/aromatic N) is 2. The molecule has 1 heterocycles. The van der Waals surface area contributed by atoms with Crippen LogP contribution in [-0.2, 0) is 0 Å². The summed E-state index contributed by atoms with van der Waals surface area (Å²) in [6, 6.07) is 8.27. The first kappa shape index (κ1) is 19.4. The molecule has 0 aromatic heterocycles. The normalized spacial score (nSPS) is 39.5. The fraction of sp³-hybridized carbons (Fsp3) is 0.400. The van der Waals surface area contributed by atoms with Crippen LogP contribution >= 0.6 is 23.6 Å². The van der Waals surface area contributed by atoms with Crippen LogP contribution in [0.3, 0.4) is 0 Å². The molecule has 9 nitrogen and oxygen atoms in total. The Kier molecular flexibility index (Phi) is 5.23. The lowest BCUT2D eigenvalue weighted by atomic mass is 9.80. The lowest BCUT2D eigenvalue weighted by molar-refractivity contribution is -0.131. The largest absolute Gasteiger partial charge is 0.390 e. The Bertz CT molecular complexity index is 760. The molecule has 3 atom stereocenters. The van der Waals surface area contributed by atoms with E-state index in [1.807, 2.05) is 0 Å². The number of nitrogens with one attached hydrogen (secondary N) is 1. The minimum Gasteiger partial charge on any atom is -0.390 e. The lowest BCUT2D eigenvalue weighted by Gasteiger charge is -2.42. The van der Waals surface area contributed by atoms with Crippen LogP contribution < -0.4 is 5.32 Å². The molecular weight excluding hydrogens is 430 g/mol. The van der Waals surface area contributed by atoms with Gasteiger partial charge in [-0.2, -0.15) is 0 Å². The van der Waals surface area contributed by atoms with E-state index in [-0.39, 0.29) is 23.1 Å². The van der Waals surface area contributed by atoms with E-state index in [1.54, 1.807) is 30.3 Å². The number of carbonyl (C=O) groups is 1. The third kappa shape index (κ3) is 3.43. The smallest absolute Gasteiger partial charge is 0.257 e. The number of carbonyl (C=O) groups excluding carboxylic acids is 1. The summed E-state index contributed by atoms with van der Waals surface area (Å²) in [7, 11) is -3.13. The molecular formula is C15H18BrN3O6S. The van der Waals surface area contributed by atoms with Gasteiger partial charge in [0, 0.05) is 42.0 Å². The van der Waals surface area contributed by atoms with Crippen molar-refractivity contribution in [2.45, 2.75) is 36.8 Å². The molecule has 1 fully saturated rings. The predicted octanol–water partition coefficient (Wildman–Crippen LogP) is 0.295. The van der Waals surface area contributed by atoms with E-state index in [0.29, 0.717) is 5.56 Å². The molecule has 0 bridgehead atoms. The number of aliphatic hydroxyl groups excluding tert-OH is 3. The zero-order valence-electron chi connectivity index (χ0n) is 13.4. The first-order valence-corrected chi connectivity index (χ1v) is 11.1. The molecule has 142 valence electrons. The Hall–Kier alpha value is -1.34. The molecule has 11 heteroatoms. The second-order valence-corrected chi connectivity index (χ2v) is 10.8. The van der Waals surface area contributed by atoms with Gasteiger partial charge in [-0.25, -0.2) is 0 Å². The van der Waals surface area contributed by atoms with Crippen molar-refractivity contribution in [2.75, 3.05) is 0 Å². The third-order valence-electron chi connectivity index (χ3n) is 4.28. The number of rotatable bonds is 2. The SMILES string of the molecule is O=C(NC1=NN=C(C2(O)CC(O)C(O)C(O)C2)S1(O)Br)c1ccccc1. The van der Waals surface area contributed by atoms with Crippen molar-refractivity contribution in [3.8, 4) is 0 Å². The molecule has 2 aliphatic rings. The third-order valence-corrected chi connectivity index (χ3v) is 7.79. The number of hydrogen-bond donors (Lipinski definition) is 6. The molecule has 1 aliphatic heterocycles. The lowest BCUT2D eigenvalue weighted by Crippen LogP contribution is -2.56. The van der Waals surface area contributed by atoms with Gasteiger partial charge in [0.2, 0.25) is 5.17 Å². The van der Waals surface area contributed by atoms with Crippen LogP contribution in [0.25, 0.3) is 0 Å². The summed E-state index contributed by atoms with van der Waals surface area (Å²) in [5.74, 6) is -0.516. The van der Waals surface area contributed by atoms with Crippen molar-refractivity contribution >= 4 is 39.7 Å². The van der Waals surface area contributed by atoms with Crippen molar-refractivity contribution in [3.05, 3.63) is 35.9 Å². The summed E-state index contributed by atoms with van der Waals surface area (Å²) in [4.78, 5) is 12.3. The number of halogens is 1. The second-order valence-electron chi connectivity index (χ2n) is 6.20. The van der Waals surface area contributed by atoms with E-state index in [0.717, 1.165) is 0 Å². The van der Waals surface area contributed by atoms with E-state index < -0.39 is 38.6 Å². The van der Waals surface area contributed by atoms with Gasteiger partial charge in [-0.15, -0.1) is 10.2 Å². The van der Waals surface area contributed by atoms with E-state index in [9.17, 15) is 29.8 Å². The monoisotopic (exact) mass is 447 g/mol. The second kappa shape index (κ2) is 7.00. The van der Waals surface area contributed by atoms with Gasteiger partial charge in [0.05, 0.1) is 12.2 Å². The quantitative estimate of drug-likeness (QED) is 0.382. The van der Waals surface area contributed by atoms with Gasteiger partial charge in [-0.3, -0.25) is 10.1 Å². The van der Waals surface area contributed by atoms with Gasteiger partial charge in [0.1, 0.15) is 16.7 Å². The first-order valence-electron chi connectivity index (χ1n) is 7.70. The minimum atomic E-state index is -3.13. The molecule has 1 aromatic rings. The van der Waals surface area contributed by atoms with E-state index >= 15 is 0 Å². The number of amidine groups is 1. The predicted molar refractivity (Wildman–Crippen MR) is 100 cm³/mol. The molecule has 1 aliphatic carbocycles. The van der Waals surface area contributed by atoms with Gasteiger partial charge >= 0.3 is 0 Å².